The summed E-state index contributed by atoms with van der Waals surface area (Å²) in [7, 11) is 0. The van der Waals surface area contributed by atoms with Gasteiger partial charge in [0.2, 0.25) is 0 Å². The summed E-state index contributed by atoms with van der Waals surface area (Å²) in [5, 5.41) is 9.86. The summed E-state index contributed by atoms with van der Waals surface area (Å²) in [4.78, 5) is 0. The topological polar surface area (TPSA) is 20.2 Å². The van der Waals surface area contributed by atoms with Crippen molar-refractivity contribution in [1.29, 1.82) is 0 Å². The van der Waals surface area contributed by atoms with E-state index in [9.17, 15) is 18.3 Å². The van der Waals surface area contributed by atoms with Crippen molar-refractivity contribution in [2.24, 2.45) is 11.8 Å². The molecule has 0 bridgehead atoms. The van der Waals surface area contributed by atoms with Gasteiger partial charge in [0, 0.05) is 6.42 Å². The van der Waals surface area contributed by atoms with Crippen LogP contribution >= 0.6 is 0 Å². The lowest BCUT2D eigenvalue weighted by molar-refractivity contribution is -0.143. The number of aliphatic hydroxyl groups is 1. The van der Waals surface area contributed by atoms with Crippen LogP contribution in [0, 0.1) is 11.8 Å². The number of hydrogen-bond acceptors (Lipinski definition) is 1. The van der Waals surface area contributed by atoms with Gasteiger partial charge in [-0.3, -0.25) is 0 Å². The third-order valence-corrected chi connectivity index (χ3v) is 3.33. The van der Waals surface area contributed by atoms with Gasteiger partial charge >= 0.3 is 6.18 Å². The van der Waals surface area contributed by atoms with E-state index in [4.69, 9.17) is 0 Å². The van der Waals surface area contributed by atoms with E-state index in [1.807, 2.05) is 0 Å². The normalized spacial score (nSPS) is 31.8. The molecule has 0 aliphatic heterocycles. The molecule has 4 heteroatoms. The minimum Gasteiger partial charge on any atom is -0.390 e. The van der Waals surface area contributed by atoms with E-state index in [-0.39, 0.29) is 12.8 Å². The fourth-order valence-electron chi connectivity index (χ4n) is 2.21. The molecule has 0 aromatic rings. The highest BCUT2D eigenvalue weighted by molar-refractivity contribution is 4.94. The summed E-state index contributed by atoms with van der Waals surface area (Å²) in [5.41, 5.74) is -0.805. The van der Waals surface area contributed by atoms with Gasteiger partial charge in [0.15, 0.2) is 0 Å². The van der Waals surface area contributed by atoms with Crippen LogP contribution in [0.4, 0.5) is 13.2 Å². The van der Waals surface area contributed by atoms with Crippen molar-refractivity contribution in [3.05, 3.63) is 0 Å². The molecule has 1 nitrogen and oxygen atoms in total. The fourth-order valence-corrected chi connectivity index (χ4v) is 2.21. The summed E-state index contributed by atoms with van der Waals surface area (Å²) < 4.78 is 35.6. The van der Waals surface area contributed by atoms with Crippen LogP contribution in [-0.4, -0.2) is 16.9 Å². The zero-order chi connectivity index (χ0) is 11.7. The van der Waals surface area contributed by atoms with E-state index in [0.29, 0.717) is 24.7 Å². The Morgan fingerprint density at radius 3 is 2.27 bits per heavy atom. The van der Waals surface area contributed by atoms with Crippen LogP contribution in [0.1, 0.15) is 46.0 Å². The highest BCUT2D eigenvalue weighted by atomic mass is 19.4. The molecule has 0 spiro atoms. The minimum atomic E-state index is -4.09. The predicted molar refractivity (Wildman–Crippen MR) is 52.4 cm³/mol. The van der Waals surface area contributed by atoms with Crippen LogP contribution in [0.15, 0.2) is 0 Å². The van der Waals surface area contributed by atoms with Gasteiger partial charge in [0.25, 0.3) is 0 Å². The molecule has 1 rings (SSSR count). The first-order valence-corrected chi connectivity index (χ1v) is 5.51. The molecule has 1 aliphatic carbocycles. The molecule has 0 atom stereocenters. The largest absolute Gasteiger partial charge is 0.390 e. The van der Waals surface area contributed by atoms with E-state index < -0.39 is 18.2 Å². The molecule has 15 heavy (non-hydrogen) atoms. The van der Waals surface area contributed by atoms with Crippen LogP contribution in [0.5, 0.6) is 0 Å². The van der Waals surface area contributed by atoms with Crippen molar-refractivity contribution < 1.29 is 18.3 Å². The summed E-state index contributed by atoms with van der Waals surface area (Å²) in [6, 6.07) is 0. The average Bonchev–Trinajstić information content (AvgIpc) is 1.96. The Hall–Kier alpha value is -0.250. The number of halogens is 3. The standard InChI is InChI=1S/C11H19F3O/c1-8(2)9-6-10(15,7-9)4-3-5-11(12,13)14/h8-9,15H,3-7H2,1-2H3. The Morgan fingerprint density at radius 2 is 1.87 bits per heavy atom. The number of hydrogen-bond donors (Lipinski definition) is 1. The van der Waals surface area contributed by atoms with Gasteiger partial charge in [-0.05, 0) is 37.5 Å². The van der Waals surface area contributed by atoms with E-state index in [0.717, 1.165) is 0 Å². The van der Waals surface area contributed by atoms with Crippen molar-refractivity contribution in [2.75, 3.05) is 0 Å². The first-order chi connectivity index (χ1) is 6.72. The molecule has 1 saturated carbocycles. The molecule has 0 radical (unpaired) electrons. The monoisotopic (exact) mass is 224 g/mol. The Balaban J connectivity index is 2.18. The second-order valence-corrected chi connectivity index (χ2v) is 5.11. The molecule has 0 aromatic heterocycles. The van der Waals surface area contributed by atoms with Gasteiger partial charge in [-0.25, -0.2) is 0 Å². The van der Waals surface area contributed by atoms with E-state index in [1.54, 1.807) is 0 Å². The van der Waals surface area contributed by atoms with Crippen LogP contribution in [0.2, 0.25) is 0 Å². The number of rotatable bonds is 4. The maximum absolute atomic E-state index is 11.9. The van der Waals surface area contributed by atoms with Crippen molar-refractivity contribution in [3.8, 4) is 0 Å². The smallest absolute Gasteiger partial charge is 0.389 e. The molecule has 0 amide bonds. The maximum atomic E-state index is 11.9. The molecule has 0 unspecified atom stereocenters. The van der Waals surface area contributed by atoms with Gasteiger partial charge in [0.1, 0.15) is 0 Å². The first kappa shape index (κ1) is 12.8. The highest BCUT2D eigenvalue weighted by Gasteiger charge is 2.43. The lowest BCUT2D eigenvalue weighted by atomic mass is 9.64. The van der Waals surface area contributed by atoms with Crippen molar-refractivity contribution in [2.45, 2.75) is 57.7 Å². The summed E-state index contributed by atoms with van der Waals surface area (Å²) in [5.74, 6) is 1.01. The van der Waals surface area contributed by atoms with Crippen LogP contribution in [-0.2, 0) is 0 Å². The van der Waals surface area contributed by atoms with Crippen LogP contribution in [0.25, 0.3) is 0 Å². The summed E-state index contributed by atoms with van der Waals surface area (Å²) >= 11 is 0. The SMILES string of the molecule is CC(C)C1CC(O)(CCCC(F)(F)F)C1. The van der Waals surface area contributed by atoms with Crippen molar-refractivity contribution in [1.82, 2.24) is 0 Å². The minimum absolute atomic E-state index is 0.0464. The molecule has 1 fully saturated rings. The summed E-state index contributed by atoms with van der Waals surface area (Å²) in [6.45, 7) is 4.17. The fraction of sp³-hybridized carbons (Fsp3) is 1.00. The lowest BCUT2D eigenvalue weighted by Gasteiger charge is -2.46. The third-order valence-electron chi connectivity index (χ3n) is 3.33. The second-order valence-electron chi connectivity index (χ2n) is 5.11. The molecule has 0 aromatic carbocycles. The van der Waals surface area contributed by atoms with Gasteiger partial charge in [-0.2, -0.15) is 13.2 Å². The van der Waals surface area contributed by atoms with E-state index in [1.165, 1.54) is 0 Å². The van der Waals surface area contributed by atoms with Gasteiger partial charge in [-0.15, -0.1) is 0 Å². The second kappa shape index (κ2) is 4.32. The molecular weight excluding hydrogens is 205 g/mol. The molecule has 1 aliphatic rings. The third kappa shape index (κ3) is 4.01. The lowest BCUT2D eigenvalue weighted by Crippen LogP contribution is -2.45. The Kier molecular flexibility index (Phi) is 3.69. The van der Waals surface area contributed by atoms with E-state index >= 15 is 0 Å². The maximum Gasteiger partial charge on any atom is 0.389 e. The van der Waals surface area contributed by atoms with Crippen LogP contribution in [0.3, 0.4) is 0 Å². The average molecular weight is 224 g/mol. The van der Waals surface area contributed by atoms with Gasteiger partial charge in [0.05, 0.1) is 5.60 Å². The molecule has 0 heterocycles. The highest BCUT2D eigenvalue weighted by Crippen LogP contribution is 2.45. The predicted octanol–water partition coefficient (Wildman–Crippen LogP) is 3.52. The molecule has 90 valence electrons. The van der Waals surface area contributed by atoms with Crippen LogP contribution < -0.4 is 0 Å². The Labute approximate surface area is 88.7 Å². The van der Waals surface area contributed by atoms with Crippen molar-refractivity contribution in [3.63, 3.8) is 0 Å². The van der Waals surface area contributed by atoms with Gasteiger partial charge in [-0.1, -0.05) is 13.8 Å². The number of alkyl halides is 3. The Bertz CT molecular complexity index is 204. The quantitative estimate of drug-likeness (QED) is 0.774. The zero-order valence-corrected chi connectivity index (χ0v) is 9.27. The van der Waals surface area contributed by atoms with Gasteiger partial charge < -0.3 is 5.11 Å². The first-order valence-electron chi connectivity index (χ1n) is 5.51. The molecule has 0 saturated heterocycles. The zero-order valence-electron chi connectivity index (χ0n) is 9.27. The summed E-state index contributed by atoms with van der Waals surface area (Å²) in [6.07, 6.45) is -3.19. The Morgan fingerprint density at radius 1 is 1.33 bits per heavy atom. The van der Waals surface area contributed by atoms with Crippen molar-refractivity contribution >= 4 is 0 Å². The molecule has 1 N–H and O–H groups in total. The van der Waals surface area contributed by atoms with E-state index in [2.05, 4.69) is 13.8 Å². The molecular formula is C11H19F3O.